The molecular formula is C25H35N3O6S. The van der Waals surface area contributed by atoms with Crippen LogP contribution in [0.1, 0.15) is 32.3 Å². The zero-order valence-corrected chi connectivity index (χ0v) is 21.8. The number of hydrogen-bond acceptors (Lipinski definition) is 6. The molecule has 0 aliphatic rings. The third kappa shape index (κ3) is 7.88. The molecule has 192 valence electrons. The van der Waals surface area contributed by atoms with Gasteiger partial charge in [0.25, 0.3) is 0 Å². The number of rotatable bonds is 13. The second-order valence-electron chi connectivity index (χ2n) is 8.14. The van der Waals surface area contributed by atoms with Crippen molar-refractivity contribution in [3.05, 3.63) is 54.1 Å². The average Bonchev–Trinajstić information content (AvgIpc) is 2.85. The molecule has 0 aliphatic heterocycles. The number of carbonyl (C=O) groups excluding carboxylic acids is 2. The Morgan fingerprint density at radius 2 is 1.74 bits per heavy atom. The van der Waals surface area contributed by atoms with Crippen LogP contribution < -0.4 is 19.1 Å². The number of unbranched alkanes of at least 4 members (excludes halogenated alkanes) is 1. The normalized spacial score (nSPS) is 11.9. The molecular weight excluding hydrogens is 470 g/mol. The number of nitrogens with one attached hydrogen (secondary N) is 1. The van der Waals surface area contributed by atoms with E-state index in [0.29, 0.717) is 12.3 Å². The lowest BCUT2D eigenvalue weighted by Crippen LogP contribution is -2.51. The van der Waals surface area contributed by atoms with Crippen molar-refractivity contribution in [1.29, 1.82) is 0 Å². The van der Waals surface area contributed by atoms with Gasteiger partial charge in [-0.05, 0) is 31.0 Å². The first-order valence-corrected chi connectivity index (χ1v) is 13.3. The second-order valence-corrected chi connectivity index (χ2v) is 10.0. The van der Waals surface area contributed by atoms with Gasteiger partial charge in [-0.25, -0.2) is 8.42 Å². The molecule has 0 bridgehead atoms. The van der Waals surface area contributed by atoms with Crippen LogP contribution in [0, 0.1) is 0 Å². The number of anilines is 1. The van der Waals surface area contributed by atoms with Gasteiger partial charge >= 0.3 is 0 Å². The van der Waals surface area contributed by atoms with Gasteiger partial charge in [0.1, 0.15) is 24.1 Å². The Hall–Kier alpha value is -3.27. The zero-order valence-electron chi connectivity index (χ0n) is 21.0. The summed E-state index contributed by atoms with van der Waals surface area (Å²) in [6.07, 6.45) is 2.77. The lowest BCUT2D eigenvalue weighted by atomic mass is 10.1. The van der Waals surface area contributed by atoms with Crippen molar-refractivity contribution in [3.63, 3.8) is 0 Å². The standard InChI is InChI=1S/C25H35N3O6S/c1-6-7-15-26-25(30)19(2)27(17-20-11-9-8-10-12-20)24(29)18-28(35(5,31)32)22-14-13-21(33-3)16-23(22)34-4/h8-14,16,19H,6-7,15,17-18H2,1-5H3,(H,26,30). The van der Waals surface area contributed by atoms with Gasteiger partial charge in [-0.1, -0.05) is 43.7 Å². The lowest BCUT2D eigenvalue weighted by Gasteiger charge is -2.32. The highest BCUT2D eigenvalue weighted by atomic mass is 32.2. The average molecular weight is 506 g/mol. The maximum absolute atomic E-state index is 13.6. The van der Waals surface area contributed by atoms with Crippen LogP contribution in [0.3, 0.4) is 0 Å². The number of methoxy groups -OCH3 is 2. The van der Waals surface area contributed by atoms with Gasteiger partial charge in [0.15, 0.2) is 0 Å². The predicted octanol–water partition coefficient (Wildman–Crippen LogP) is 2.80. The van der Waals surface area contributed by atoms with Crippen molar-refractivity contribution in [2.75, 3.05) is 37.9 Å². The van der Waals surface area contributed by atoms with Gasteiger partial charge < -0.3 is 19.7 Å². The zero-order chi connectivity index (χ0) is 26.0. The first-order chi connectivity index (χ1) is 16.6. The number of ether oxygens (including phenoxy) is 2. The van der Waals surface area contributed by atoms with Crippen LogP contribution in [0.15, 0.2) is 48.5 Å². The van der Waals surface area contributed by atoms with E-state index in [9.17, 15) is 18.0 Å². The Morgan fingerprint density at radius 3 is 2.31 bits per heavy atom. The minimum Gasteiger partial charge on any atom is -0.497 e. The largest absolute Gasteiger partial charge is 0.497 e. The van der Waals surface area contributed by atoms with Crippen LogP contribution in [0.4, 0.5) is 5.69 Å². The van der Waals surface area contributed by atoms with E-state index in [2.05, 4.69) is 5.32 Å². The Morgan fingerprint density at radius 1 is 1.06 bits per heavy atom. The summed E-state index contributed by atoms with van der Waals surface area (Å²) in [7, 11) is -0.976. The molecule has 0 spiro atoms. The van der Waals surface area contributed by atoms with Crippen LogP contribution in [-0.4, -0.2) is 64.7 Å². The van der Waals surface area contributed by atoms with E-state index in [0.717, 1.165) is 29.0 Å². The van der Waals surface area contributed by atoms with Gasteiger partial charge in [0, 0.05) is 19.2 Å². The number of benzene rings is 2. The molecule has 1 unspecified atom stereocenters. The van der Waals surface area contributed by atoms with Gasteiger partial charge in [-0.2, -0.15) is 0 Å². The SMILES string of the molecule is CCCCNC(=O)C(C)N(Cc1ccccc1)C(=O)CN(c1ccc(OC)cc1OC)S(C)(=O)=O. The molecule has 9 nitrogen and oxygen atoms in total. The Balaban J connectivity index is 2.39. The van der Waals surface area contributed by atoms with Gasteiger partial charge in [-0.3, -0.25) is 13.9 Å². The molecule has 0 heterocycles. The van der Waals surface area contributed by atoms with Crippen LogP contribution in [0.25, 0.3) is 0 Å². The van der Waals surface area contributed by atoms with Crippen molar-refractivity contribution in [2.45, 2.75) is 39.3 Å². The van der Waals surface area contributed by atoms with E-state index in [1.54, 1.807) is 19.1 Å². The van der Waals surface area contributed by atoms with Crippen molar-refractivity contribution in [2.24, 2.45) is 0 Å². The van der Waals surface area contributed by atoms with Crippen molar-refractivity contribution in [1.82, 2.24) is 10.2 Å². The summed E-state index contributed by atoms with van der Waals surface area (Å²) in [5, 5.41) is 2.85. The summed E-state index contributed by atoms with van der Waals surface area (Å²) in [4.78, 5) is 27.8. The van der Waals surface area contributed by atoms with Crippen LogP contribution in [-0.2, 0) is 26.2 Å². The molecule has 0 fully saturated rings. The van der Waals surface area contributed by atoms with Gasteiger partial charge in [-0.15, -0.1) is 0 Å². The number of sulfonamides is 1. The summed E-state index contributed by atoms with van der Waals surface area (Å²) < 4.78 is 37.0. The molecule has 0 aliphatic carbocycles. The molecule has 0 aromatic heterocycles. The summed E-state index contributed by atoms with van der Waals surface area (Å²) in [6.45, 7) is 3.82. The summed E-state index contributed by atoms with van der Waals surface area (Å²) >= 11 is 0. The maximum atomic E-state index is 13.6. The monoisotopic (exact) mass is 505 g/mol. The second kappa shape index (κ2) is 13.0. The molecule has 1 atom stereocenters. The summed E-state index contributed by atoms with van der Waals surface area (Å²) in [5.74, 6) is -0.0954. The molecule has 2 rings (SSSR count). The molecule has 2 aromatic rings. The van der Waals surface area contributed by atoms with E-state index in [1.807, 2.05) is 37.3 Å². The third-order valence-corrected chi connectivity index (χ3v) is 6.65. The predicted molar refractivity (Wildman–Crippen MR) is 136 cm³/mol. The highest BCUT2D eigenvalue weighted by molar-refractivity contribution is 7.92. The maximum Gasteiger partial charge on any atom is 0.244 e. The number of carbonyl (C=O) groups is 2. The smallest absolute Gasteiger partial charge is 0.244 e. The van der Waals surface area contributed by atoms with Gasteiger partial charge in [0.05, 0.1) is 26.2 Å². The highest BCUT2D eigenvalue weighted by Gasteiger charge is 2.31. The van der Waals surface area contributed by atoms with Gasteiger partial charge in [0.2, 0.25) is 21.8 Å². The first-order valence-electron chi connectivity index (χ1n) is 11.4. The molecule has 10 heteroatoms. The fourth-order valence-corrected chi connectivity index (χ4v) is 4.34. The van der Waals surface area contributed by atoms with Crippen LogP contribution in [0.5, 0.6) is 11.5 Å². The van der Waals surface area contributed by atoms with E-state index in [1.165, 1.54) is 25.2 Å². The van der Waals surface area contributed by atoms with Crippen molar-refractivity contribution >= 4 is 27.5 Å². The number of amides is 2. The fourth-order valence-electron chi connectivity index (χ4n) is 3.48. The molecule has 35 heavy (non-hydrogen) atoms. The highest BCUT2D eigenvalue weighted by Crippen LogP contribution is 2.33. The Bertz CT molecular complexity index is 1090. The Kier molecular flexibility index (Phi) is 10.4. The third-order valence-electron chi connectivity index (χ3n) is 5.53. The minimum absolute atomic E-state index is 0.152. The first kappa shape index (κ1) is 28.0. The summed E-state index contributed by atoms with van der Waals surface area (Å²) in [5.41, 5.74) is 1.02. The van der Waals surface area contributed by atoms with Crippen molar-refractivity contribution < 1.29 is 27.5 Å². The Labute approximate surface area is 208 Å². The van der Waals surface area contributed by atoms with E-state index < -0.39 is 28.5 Å². The van der Waals surface area contributed by atoms with E-state index in [-0.39, 0.29) is 23.9 Å². The molecule has 0 radical (unpaired) electrons. The van der Waals surface area contributed by atoms with Crippen LogP contribution in [0.2, 0.25) is 0 Å². The minimum atomic E-state index is -3.87. The molecule has 0 saturated carbocycles. The quantitative estimate of drug-likeness (QED) is 0.420. The van der Waals surface area contributed by atoms with Crippen LogP contribution >= 0.6 is 0 Å². The van der Waals surface area contributed by atoms with Crippen molar-refractivity contribution in [3.8, 4) is 11.5 Å². The summed E-state index contributed by atoms with van der Waals surface area (Å²) in [6, 6.07) is 13.1. The molecule has 2 aromatic carbocycles. The topological polar surface area (TPSA) is 105 Å². The number of nitrogens with zero attached hydrogens (tertiary/aromatic N) is 2. The fraction of sp³-hybridized carbons (Fsp3) is 0.440. The lowest BCUT2D eigenvalue weighted by molar-refractivity contribution is -0.139. The molecule has 0 saturated heterocycles. The number of hydrogen-bond donors (Lipinski definition) is 1. The molecule has 1 N–H and O–H groups in total. The molecule has 2 amide bonds. The van der Waals surface area contributed by atoms with E-state index >= 15 is 0 Å². The van der Waals surface area contributed by atoms with E-state index in [4.69, 9.17) is 9.47 Å².